The SMILES string of the molecule is C[C@H]([C@@H](OP1(=S)N(C)[C@H](c2ccccc2)[C@@H](c2ccccc2)N1C)c1ccccc1)N(C)C. The molecule has 4 atom stereocenters. The van der Waals surface area contributed by atoms with Gasteiger partial charge >= 0.3 is 0 Å². The highest BCUT2D eigenvalue weighted by atomic mass is 32.5. The molecule has 6 heteroatoms. The number of nitrogens with zero attached hydrogens (tertiary/aromatic N) is 3. The summed E-state index contributed by atoms with van der Waals surface area (Å²) in [5.74, 6) is 0. The first-order chi connectivity index (χ1) is 15.8. The molecule has 0 aromatic heterocycles. The van der Waals surface area contributed by atoms with Gasteiger partial charge < -0.3 is 9.42 Å². The van der Waals surface area contributed by atoms with E-state index in [0.29, 0.717) is 0 Å². The Morgan fingerprint density at radius 2 is 1.15 bits per heavy atom. The van der Waals surface area contributed by atoms with Crippen LogP contribution in [0.2, 0.25) is 0 Å². The van der Waals surface area contributed by atoms with Crippen molar-refractivity contribution in [3.05, 3.63) is 108 Å². The molecule has 3 aromatic carbocycles. The average molecular weight is 480 g/mol. The van der Waals surface area contributed by atoms with Crippen molar-refractivity contribution in [3.63, 3.8) is 0 Å². The Bertz CT molecular complexity index is 1020. The zero-order valence-electron chi connectivity index (χ0n) is 20.1. The smallest absolute Gasteiger partial charge is 0.204 e. The van der Waals surface area contributed by atoms with Crippen LogP contribution in [0.15, 0.2) is 91.0 Å². The third-order valence-corrected chi connectivity index (χ3v) is 11.2. The van der Waals surface area contributed by atoms with Gasteiger partial charge in [0.2, 0.25) is 6.57 Å². The second-order valence-electron chi connectivity index (χ2n) is 8.99. The van der Waals surface area contributed by atoms with Crippen LogP contribution in [-0.4, -0.2) is 48.5 Å². The second kappa shape index (κ2) is 10.2. The molecule has 4 nitrogen and oxygen atoms in total. The van der Waals surface area contributed by atoms with E-state index in [4.69, 9.17) is 16.3 Å². The molecule has 0 spiro atoms. The second-order valence-corrected chi connectivity index (χ2v) is 12.9. The van der Waals surface area contributed by atoms with E-state index in [-0.39, 0.29) is 24.2 Å². The molecule has 0 amide bonds. The zero-order chi connectivity index (χ0) is 23.6. The van der Waals surface area contributed by atoms with E-state index < -0.39 is 6.57 Å². The summed E-state index contributed by atoms with van der Waals surface area (Å²) >= 11 is 6.47. The van der Waals surface area contributed by atoms with Crippen LogP contribution in [0.25, 0.3) is 0 Å². The summed E-state index contributed by atoms with van der Waals surface area (Å²) in [5.41, 5.74) is 3.67. The van der Waals surface area contributed by atoms with Crippen molar-refractivity contribution < 1.29 is 4.52 Å². The van der Waals surface area contributed by atoms with E-state index in [1.165, 1.54) is 11.1 Å². The minimum Gasteiger partial charge on any atom is -0.317 e. The molecule has 0 N–H and O–H groups in total. The van der Waals surface area contributed by atoms with Crippen molar-refractivity contribution in [1.29, 1.82) is 0 Å². The predicted octanol–water partition coefficient (Wildman–Crippen LogP) is 6.28. The molecular weight excluding hydrogens is 445 g/mol. The molecule has 4 rings (SSSR count). The van der Waals surface area contributed by atoms with Crippen LogP contribution in [0, 0.1) is 0 Å². The fourth-order valence-corrected chi connectivity index (χ4v) is 8.05. The number of rotatable bonds is 7. The van der Waals surface area contributed by atoms with Gasteiger partial charge in [0.15, 0.2) is 0 Å². The van der Waals surface area contributed by atoms with Crippen LogP contribution < -0.4 is 0 Å². The molecule has 1 fully saturated rings. The largest absolute Gasteiger partial charge is 0.317 e. The fraction of sp³-hybridized carbons (Fsp3) is 0.333. The van der Waals surface area contributed by atoms with Crippen molar-refractivity contribution in [2.75, 3.05) is 28.2 Å². The summed E-state index contributed by atoms with van der Waals surface area (Å²) in [5, 5.41) is 0. The zero-order valence-corrected chi connectivity index (χ0v) is 21.8. The molecule has 33 heavy (non-hydrogen) atoms. The Hall–Kier alpha value is -1.85. The van der Waals surface area contributed by atoms with Gasteiger partial charge in [0.1, 0.15) is 6.10 Å². The van der Waals surface area contributed by atoms with Crippen molar-refractivity contribution >= 4 is 18.4 Å². The highest BCUT2D eigenvalue weighted by Gasteiger charge is 2.51. The van der Waals surface area contributed by atoms with Crippen molar-refractivity contribution in [2.24, 2.45) is 0 Å². The van der Waals surface area contributed by atoms with Gasteiger partial charge in [-0.1, -0.05) is 91.0 Å². The van der Waals surface area contributed by atoms with Crippen molar-refractivity contribution in [1.82, 2.24) is 14.2 Å². The molecule has 1 saturated heterocycles. The molecule has 0 saturated carbocycles. The maximum atomic E-state index is 7.07. The molecule has 174 valence electrons. The fourth-order valence-electron chi connectivity index (χ4n) is 4.68. The monoisotopic (exact) mass is 479 g/mol. The van der Waals surface area contributed by atoms with E-state index in [1.807, 2.05) is 6.07 Å². The van der Waals surface area contributed by atoms with Gasteiger partial charge in [-0.05, 0) is 63.6 Å². The van der Waals surface area contributed by atoms with E-state index in [9.17, 15) is 0 Å². The molecule has 0 aliphatic carbocycles. The molecule has 1 heterocycles. The lowest BCUT2D eigenvalue weighted by Crippen LogP contribution is -2.33. The summed E-state index contributed by atoms with van der Waals surface area (Å²) in [7, 11) is 8.47. The lowest BCUT2D eigenvalue weighted by Gasteiger charge is -2.38. The molecule has 0 unspecified atom stereocenters. The first-order valence-electron chi connectivity index (χ1n) is 11.4. The van der Waals surface area contributed by atoms with Crippen LogP contribution >= 0.6 is 6.57 Å². The first-order valence-corrected chi connectivity index (χ1v) is 14.0. The summed E-state index contributed by atoms with van der Waals surface area (Å²) < 4.78 is 11.7. The van der Waals surface area contributed by atoms with E-state index in [2.05, 4.69) is 134 Å². The normalized spacial score (nSPS) is 23.0. The van der Waals surface area contributed by atoms with Gasteiger partial charge in [-0.25, -0.2) is 9.34 Å². The van der Waals surface area contributed by atoms with Gasteiger partial charge in [0.05, 0.1) is 12.1 Å². The van der Waals surface area contributed by atoms with Crippen LogP contribution in [0.5, 0.6) is 0 Å². The molecule has 1 aliphatic heterocycles. The summed E-state index contributed by atoms with van der Waals surface area (Å²) in [6.45, 7) is -0.330. The third kappa shape index (κ3) is 4.72. The lowest BCUT2D eigenvalue weighted by atomic mass is 9.93. The molecule has 0 radical (unpaired) electrons. The molecule has 0 bridgehead atoms. The number of hydrogen-bond donors (Lipinski definition) is 0. The van der Waals surface area contributed by atoms with E-state index in [0.717, 1.165) is 5.56 Å². The van der Waals surface area contributed by atoms with Gasteiger partial charge in [0, 0.05) is 6.04 Å². The van der Waals surface area contributed by atoms with Crippen molar-refractivity contribution in [2.45, 2.75) is 31.2 Å². The van der Waals surface area contributed by atoms with E-state index in [1.54, 1.807) is 0 Å². The Labute approximate surface area is 204 Å². The summed E-state index contributed by atoms with van der Waals surface area (Å²) in [6, 6.07) is 32.2. The minimum atomic E-state index is -2.54. The van der Waals surface area contributed by atoms with Gasteiger partial charge in [-0.3, -0.25) is 0 Å². The number of likely N-dealkylation sites (N-methyl/N-ethyl adjacent to an activating group) is 3. The highest BCUT2D eigenvalue weighted by molar-refractivity contribution is 8.10. The van der Waals surface area contributed by atoms with Crippen LogP contribution in [-0.2, 0) is 16.3 Å². The van der Waals surface area contributed by atoms with Gasteiger partial charge in [0.25, 0.3) is 0 Å². The highest BCUT2D eigenvalue weighted by Crippen LogP contribution is 2.70. The molecule has 1 aliphatic rings. The molecular formula is C27H34N3OPS. The Kier molecular flexibility index (Phi) is 7.49. The van der Waals surface area contributed by atoms with Crippen LogP contribution in [0.1, 0.15) is 41.8 Å². The predicted molar refractivity (Wildman–Crippen MR) is 142 cm³/mol. The standard InChI is InChI=1S/C27H34N3OPS/c1-21(28(2)3)27(24-19-13-8-14-20-24)31-32(33)29(4)25(22-15-9-6-10-16-22)26(30(32)5)23-17-11-7-12-18-23/h6-21,25-27H,1-5H3/t21-,25-,26-,27-/m1/s1. The number of hydrogen-bond acceptors (Lipinski definition) is 3. The van der Waals surface area contributed by atoms with Gasteiger partial charge in [-0.15, -0.1) is 0 Å². The third-order valence-electron chi connectivity index (χ3n) is 6.82. The maximum absolute atomic E-state index is 7.07. The van der Waals surface area contributed by atoms with Gasteiger partial charge in [-0.2, -0.15) is 0 Å². The summed E-state index contributed by atoms with van der Waals surface area (Å²) in [4.78, 5) is 2.21. The van der Waals surface area contributed by atoms with Crippen LogP contribution in [0.3, 0.4) is 0 Å². The average Bonchev–Trinajstić information content (AvgIpc) is 3.04. The lowest BCUT2D eigenvalue weighted by molar-refractivity contribution is 0.107. The Morgan fingerprint density at radius 3 is 1.55 bits per heavy atom. The van der Waals surface area contributed by atoms with E-state index >= 15 is 0 Å². The first kappa shape index (κ1) is 24.3. The minimum absolute atomic E-state index is 0.107. The molecule has 3 aromatic rings. The number of benzene rings is 3. The van der Waals surface area contributed by atoms with Crippen LogP contribution in [0.4, 0.5) is 0 Å². The quantitative estimate of drug-likeness (QED) is 0.370. The Morgan fingerprint density at radius 1 is 0.758 bits per heavy atom. The van der Waals surface area contributed by atoms with Crippen molar-refractivity contribution in [3.8, 4) is 0 Å². The summed E-state index contributed by atoms with van der Waals surface area (Å²) in [6.07, 6.45) is -0.136. The Balaban J connectivity index is 1.79. The topological polar surface area (TPSA) is 19.0 Å². The maximum Gasteiger partial charge on any atom is 0.204 e.